The highest BCUT2D eigenvalue weighted by Gasteiger charge is 2.17. The van der Waals surface area contributed by atoms with Crippen LogP contribution in [0.25, 0.3) is 0 Å². The number of rotatable bonds is 6. The van der Waals surface area contributed by atoms with Gasteiger partial charge in [-0.05, 0) is 34.4 Å². The van der Waals surface area contributed by atoms with Crippen LogP contribution in [-0.4, -0.2) is 24.5 Å². The first-order valence-electron chi connectivity index (χ1n) is 9.36. The fourth-order valence-corrected chi connectivity index (χ4v) is 3.46. The van der Waals surface area contributed by atoms with Gasteiger partial charge in [-0.25, -0.2) is 4.98 Å². The second-order valence-electron chi connectivity index (χ2n) is 7.05. The van der Waals surface area contributed by atoms with Gasteiger partial charge >= 0.3 is 0 Å². The Morgan fingerprint density at radius 1 is 0.931 bits per heavy atom. The van der Waals surface area contributed by atoms with Crippen LogP contribution in [0.5, 0.6) is 0 Å². The third kappa shape index (κ3) is 3.76. The lowest BCUT2D eigenvalue weighted by atomic mass is 10.1. The van der Waals surface area contributed by atoms with Crippen LogP contribution in [0.3, 0.4) is 0 Å². The van der Waals surface area contributed by atoms with E-state index in [2.05, 4.69) is 62.0 Å². The van der Waals surface area contributed by atoms with Crippen molar-refractivity contribution in [2.75, 3.05) is 16.6 Å². The molecule has 4 aromatic rings. The van der Waals surface area contributed by atoms with E-state index in [9.17, 15) is 0 Å². The summed E-state index contributed by atoms with van der Waals surface area (Å²) >= 11 is 0. The van der Waals surface area contributed by atoms with Crippen LogP contribution in [0, 0.1) is 0 Å². The molecular formula is C20H21N9. The molecule has 0 aliphatic carbocycles. The molecule has 0 spiro atoms. The van der Waals surface area contributed by atoms with Gasteiger partial charge in [-0.1, -0.05) is 24.3 Å². The van der Waals surface area contributed by atoms with Crippen LogP contribution in [0.4, 0.5) is 17.3 Å². The second kappa shape index (κ2) is 7.28. The number of nitrogens with zero attached hydrogens (tertiary/aromatic N) is 5. The average molecular weight is 387 g/mol. The highest BCUT2D eigenvalue weighted by Crippen LogP contribution is 2.30. The van der Waals surface area contributed by atoms with Crippen LogP contribution < -0.4 is 22.1 Å². The molecule has 0 atom stereocenters. The predicted octanol–water partition coefficient (Wildman–Crippen LogP) is 2.00. The molecule has 0 unspecified atom stereocenters. The molecule has 1 aromatic carbocycles. The first-order valence-corrected chi connectivity index (χ1v) is 9.36. The summed E-state index contributed by atoms with van der Waals surface area (Å²) in [5, 5.41) is 8.76. The third-order valence-electron chi connectivity index (χ3n) is 4.84. The molecule has 146 valence electrons. The van der Waals surface area contributed by atoms with E-state index < -0.39 is 0 Å². The number of benzene rings is 1. The van der Waals surface area contributed by atoms with E-state index in [1.165, 1.54) is 11.1 Å². The molecule has 5 N–H and O–H groups in total. The van der Waals surface area contributed by atoms with E-state index in [1.54, 1.807) is 6.20 Å². The van der Waals surface area contributed by atoms with Gasteiger partial charge in [0, 0.05) is 25.0 Å². The summed E-state index contributed by atoms with van der Waals surface area (Å²) in [5.74, 6) is 1.20. The van der Waals surface area contributed by atoms with Crippen molar-refractivity contribution in [2.24, 2.45) is 0 Å². The Balaban J connectivity index is 1.26. The van der Waals surface area contributed by atoms with Gasteiger partial charge in [0.2, 0.25) is 0 Å². The summed E-state index contributed by atoms with van der Waals surface area (Å²) in [6, 6.07) is 12.4. The number of nitrogen functional groups attached to an aromatic ring is 1. The molecule has 0 fully saturated rings. The van der Waals surface area contributed by atoms with Crippen molar-refractivity contribution in [3.8, 4) is 0 Å². The molecule has 0 amide bonds. The Labute approximate surface area is 167 Å². The Bertz CT molecular complexity index is 1110. The summed E-state index contributed by atoms with van der Waals surface area (Å²) in [6.07, 6.45) is 8.43. The van der Waals surface area contributed by atoms with Crippen LogP contribution in [-0.2, 0) is 19.5 Å². The zero-order chi connectivity index (χ0) is 19.6. The lowest BCUT2D eigenvalue weighted by molar-refractivity contribution is 0.678. The van der Waals surface area contributed by atoms with Crippen molar-refractivity contribution < 1.29 is 0 Å². The minimum atomic E-state index is 0.486. The Hall–Kier alpha value is -3.85. The van der Waals surface area contributed by atoms with Crippen molar-refractivity contribution in [2.45, 2.75) is 19.5 Å². The highest BCUT2D eigenvalue weighted by atomic mass is 15.6. The first-order chi connectivity index (χ1) is 14.2. The number of pyridine rings is 1. The SMILES string of the molecule is Nc1cc(Cc2cnn(Cc3ccc(Cn4cccn4)cc3)c2)c2c(n1)NNN2. The summed E-state index contributed by atoms with van der Waals surface area (Å²) < 4.78 is 3.86. The third-order valence-corrected chi connectivity index (χ3v) is 4.84. The molecule has 9 nitrogen and oxygen atoms in total. The average Bonchev–Trinajstić information content (AvgIpc) is 3.46. The van der Waals surface area contributed by atoms with Crippen LogP contribution in [0.15, 0.2) is 61.2 Å². The number of nitrogens with one attached hydrogen (secondary N) is 3. The van der Waals surface area contributed by atoms with Crippen LogP contribution >= 0.6 is 0 Å². The Morgan fingerprint density at radius 3 is 2.48 bits per heavy atom. The quantitative estimate of drug-likeness (QED) is 0.400. The van der Waals surface area contributed by atoms with Gasteiger partial charge in [-0.2, -0.15) is 10.2 Å². The topological polar surface area (TPSA) is 111 Å². The van der Waals surface area contributed by atoms with E-state index in [0.29, 0.717) is 18.1 Å². The van der Waals surface area contributed by atoms with Gasteiger partial charge in [-0.15, -0.1) is 5.53 Å². The standard InChI is InChI=1S/C20H21N9/c21-18-9-17(19-20(24-18)26-27-25-19)8-16-10-23-29(13-16)12-15-4-2-14(3-5-15)11-28-7-1-6-22-28/h1-7,9-10,13,25,27H,8,11-12H2,(H3,21,24,26). The fraction of sp³-hybridized carbons (Fsp3) is 0.150. The zero-order valence-corrected chi connectivity index (χ0v) is 15.7. The molecule has 0 bridgehead atoms. The second-order valence-corrected chi connectivity index (χ2v) is 7.05. The van der Waals surface area contributed by atoms with Gasteiger partial charge < -0.3 is 11.2 Å². The van der Waals surface area contributed by atoms with Gasteiger partial charge in [0.15, 0.2) is 5.82 Å². The van der Waals surface area contributed by atoms with E-state index in [-0.39, 0.29) is 0 Å². The van der Waals surface area contributed by atoms with Gasteiger partial charge in [0.05, 0.1) is 25.0 Å². The first kappa shape index (κ1) is 17.3. The lowest BCUT2D eigenvalue weighted by Gasteiger charge is -2.07. The predicted molar refractivity (Wildman–Crippen MR) is 111 cm³/mol. The van der Waals surface area contributed by atoms with Crippen molar-refractivity contribution >= 4 is 17.3 Å². The fourth-order valence-electron chi connectivity index (χ4n) is 3.46. The smallest absolute Gasteiger partial charge is 0.169 e. The van der Waals surface area contributed by atoms with E-state index >= 15 is 0 Å². The number of nitrogens with two attached hydrogens (primary N) is 1. The van der Waals surface area contributed by atoms with Gasteiger partial charge in [0.25, 0.3) is 0 Å². The maximum Gasteiger partial charge on any atom is 0.169 e. The minimum absolute atomic E-state index is 0.486. The largest absolute Gasteiger partial charge is 0.384 e. The van der Waals surface area contributed by atoms with Gasteiger partial charge in [0.1, 0.15) is 5.82 Å². The number of fused-ring (bicyclic) bond motifs is 1. The molecule has 1 aliphatic rings. The molecule has 4 heterocycles. The van der Waals surface area contributed by atoms with Crippen molar-refractivity contribution in [3.63, 3.8) is 0 Å². The normalized spacial score (nSPS) is 12.4. The summed E-state index contributed by atoms with van der Waals surface area (Å²) in [6.45, 7) is 1.50. The number of hydrogen-bond acceptors (Lipinski definition) is 7. The molecule has 29 heavy (non-hydrogen) atoms. The minimum Gasteiger partial charge on any atom is -0.384 e. The molecular weight excluding hydrogens is 366 g/mol. The molecule has 0 radical (unpaired) electrons. The molecule has 0 saturated carbocycles. The van der Waals surface area contributed by atoms with Crippen LogP contribution in [0.2, 0.25) is 0 Å². The number of hydrazine groups is 2. The van der Waals surface area contributed by atoms with Crippen molar-refractivity contribution in [1.82, 2.24) is 30.1 Å². The summed E-state index contributed by atoms with van der Waals surface area (Å²) in [7, 11) is 0. The van der Waals surface area contributed by atoms with E-state index in [0.717, 1.165) is 29.9 Å². The number of anilines is 3. The zero-order valence-electron chi connectivity index (χ0n) is 15.7. The van der Waals surface area contributed by atoms with Gasteiger partial charge in [-0.3, -0.25) is 14.8 Å². The van der Waals surface area contributed by atoms with E-state index in [4.69, 9.17) is 5.73 Å². The lowest BCUT2D eigenvalue weighted by Crippen LogP contribution is -2.19. The molecule has 9 heteroatoms. The molecule has 1 aliphatic heterocycles. The Kier molecular flexibility index (Phi) is 4.34. The molecule has 0 saturated heterocycles. The number of hydrogen-bond donors (Lipinski definition) is 4. The van der Waals surface area contributed by atoms with Crippen LogP contribution in [0.1, 0.15) is 22.3 Å². The maximum atomic E-state index is 5.91. The van der Waals surface area contributed by atoms with Crippen molar-refractivity contribution in [3.05, 3.63) is 83.4 Å². The molecule has 5 rings (SSSR count). The summed E-state index contributed by atoms with van der Waals surface area (Å²) in [4.78, 5) is 4.26. The maximum absolute atomic E-state index is 5.91. The molecule has 3 aromatic heterocycles. The highest BCUT2D eigenvalue weighted by molar-refractivity contribution is 5.74. The summed E-state index contributed by atoms with van der Waals surface area (Å²) in [5.41, 5.74) is 20.3. The van der Waals surface area contributed by atoms with Crippen molar-refractivity contribution in [1.29, 1.82) is 0 Å². The number of aromatic nitrogens is 5. The Morgan fingerprint density at radius 2 is 1.72 bits per heavy atom. The van der Waals surface area contributed by atoms with E-state index in [1.807, 2.05) is 33.9 Å². The monoisotopic (exact) mass is 387 g/mol.